The lowest BCUT2D eigenvalue weighted by atomic mass is 10.3. The zero-order valence-electron chi connectivity index (χ0n) is 13.6. The number of nitrogens with zero attached hydrogens (tertiary/aromatic N) is 1. The average molecular weight is 348 g/mol. The Kier molecular flexibility index (Phi) is 5.94. The first-order chi connectivity index (χ1) is 11.4. The summed E-state index contributed by atoms with van der Waals surface area (Å²) in [4.78, 5) is 12.1. The van der Waals surface area contributed by atoms with Crippen LogP contribution in [0.25, 0.3) is 0 Å². The molecule has 2 aromatic rings. The fraction of sp³-hybridized carbons (Fsp3) is 0.235. The van der Waals surface area contributed by atoms with E-state index >= 15 is 0 Å². The Morgan fingerprint density at radius 1 is 1.08 bits per heavy atom. The topological polar surface area (TPSA) is 75.7 Å². The molecule has 0 heterocycles. The Balaban J connectivity index is 2.09. The van der Waals surface area contributed by atoms with Gasteiger partial charge in [0.15, 0.2) is 5.75 Å². The highest BCUT2D eigenvalue weighted by Gasteiger charge is 2.19. The van der Waals surface area contributed by atoms with E-state index in [0.717, 1.165) is 4.31 Å². The molecule has 0 fully saturated rings. The van der Waals surface area contributed by atoms with Gasteiger partial charge >= 0.3 is 0 Å². The van der Waals surface area contributed by atoms with E-state index in [1.807, 2.05) is 18.2 Å². The summed E-state index contributed by atoms with van der Waals surface area (Å²) in [6, 6.07) is 16.2. The maximum atomic E-state index is 12.1. The molecule has 0 radical (unpaired) electrons. The monoisotopic (exact) mass is 348 g/mol. The molecule has 0 aliphatic carbocycles. The van der Waals surface area contributed by atoms with Gasteiger partial charge < -0.3 is 10.1 Å². The van der Waals surface area contributed by atoms with Crippen molar-refractivity contribution >= 4 is 21.6 Å². The number of para-hydroxylation sites is 3. The Morgan fingerprint density at radius 2 is 1.71 bits per heavy atom. The second kappa shape index (κ2) is 7.94. The average Bonchev–Trinajstić information content (AvgIpc) is 2.57. The van der Waals surface area contributed by atoms with E-state index in [1.165, 1.54) is 14.0 Å². The molecule has 1 N–H and O–H groups in total. The van der Waals surface area contributed by atoms with Crippen LogP contribution < -0.4 is 10.1 Å². The van der Waals surface area contributed by atoms with E-state index in [4.69, 9.17) is 4.74 Å². The number of hydrogen-bond acceptors (Lipinski definition) is 4. The number of anilines is 1. The molecule has 24 heavy (non-hydrogen) atoms. The van der Waals surface area contributed by atoms with Crippen LogP contribution in [-0.4, -0.2) is 38.0 Å². The summed E-state index contributed by atoms with van der Waals surface area (Å²) >= 11 is 0. The first-order valence-corrected chi connectivity index (χ1v) is 9.09. The number of carbonyl (C=O) groups excluding carboxylic acids is 1. The third kappa shape index (κ3) is 4.81. The summed E-state index contributed by atoms with van der Waals surface area (Å²) in [5.41, 5.74) is 0.480. The third-order valence-electron chi connectivity index (χ3n) is 3.34. The van der Waals surface area contributed by atoms with Crippen LogP contribution in [0, 0.1) is 0 Å². The van der Waals surface area contributed by atoms with Gasteiger partial charge in [0, 0.05) is 7.05 Å². The lowest BCUT2D eigenvalue weighted by molar-refractivity contribution is -0.116. The van der Waals surface area contributed by atoms with Gasteiger partial charge in [0.25, 0.3) is 0 Å². The number of amides is 1. The minimum atomic E-state index is -3.40. The van der Waals surface area contributed by atoms with Crippen LogP contribution in [0.15, 0.2) is 54.6 Å². The van der Waals surface area contributed by atoms with Crippen LogP contribution in [0.4, 0.5) is 5.69 Å². The molecule has 0 aliphatic heterocycles. The Morgan fingerprint density at radius 3 is 2.38 bits per heavy atom. The zero-order valence-corrected chi connectivity index (χ0v) is 14.4. The van der Waals surface area contributed by atoms with Crippen LogP contribution in [0.5, 0.6) is 11.5 Å². The largest absolute Gasteiger partial charge is 0.455 e. The van der Waals surface area contributed by atoms with E-state index in [1.54, 1.807) is 36.4 Å². The molecule has 0 aromatic heterocycles. The summed E-state index contributed by atoms with van der Waals surface area (Å²) in [5.74, 6) is 0.645. The summed E-state index contributed by atoms with van der Waals surface area (Å²) in [6.07, 6.45) is 0. The van der Waals surface area contributed by atoms with Gasteiger partial charge in [-0.1, -0.05) is 30.3 Å². The highest BCUT2D eigenvalue weighted by molar-refractivity contribution is 7.89. The number of ether oxygens (including phenoxy) is 1. The second-order valence-corrected chi connectivity index (χ2v) is 7.48. The predicted octanol–water partition coefficient (Wildman–Crippen LogP) is 2.70. The summed E-state index contributed by atoms with van der Waals surface area (Å²) in [5, 5.41) is 2.69. The van der Waals surface area contributed by atoms with Crippen LogP contribution in [0.1, 0.15) is 6.92 Å². The number of sulfonamides is 1. The molecule has 6 nitrogen and oxygen atoms in total. The fourth-order valence-corrected chi connectivity index (χ4v) is 2.74. The van der Waals surface area contributed by atoms with E-state index in [-0.39, 0.29) is 12.3 Å². The summed E-state index contributed by atoms with van der Waals surface area (Å²) < 4.78 is 30.2. The zero-order chi connectivity index (χ0) is 17.6. The molecule has 7 heteroatoms. The van der Waals surface area contributed by atoms with Crippen LogP contribution >= 0.6 is 0 Å². The molecule has 1 amide bonds. The Bertz CT molecular complexity index is 791. The molecular formula is C17H20N2O4S. The Labute approximate surface area is 142 Å². The van der Waals surface area contributed by atoms with Crippen molar-refractivity contribution in [1.82, 2.24) is 4.31 Å². The number of hydrogen-bond donors (Lipinski definition) is 1. The molecule has 0 saturated heterocycles. The fourth-order valence-electron chi connectivity index (χ4n) is 1.99. The first kappa shape index (κ1) is 18.0. The van der Waals surface area contributed by atoms with Gasteiger partial charge in [-0.3, -0.25) is 4.79 Å². The molecule has 0 aliphatic rings. The number of carbonyl (C=O) groups is 1. The standard InChI is InChI=1S/C17H20N2O4S/c1-3-24(21,22)19(2)13-17(20)18-15-11-7-8-12-16(15)23-14-9-5-4-6-10-14/h4-12H,3,13H2,1-2H3,(H,18,20). The number of rotatable bonds is 7. The number of benzene rings is 2. The SMILES string of the molecule is CCS(=O)(=O)N(C)CC(=O)Nc1ccccc1Oc1ccccc1. The molecule has 0 spiro atoms. The smallest absolute Gasteiger partial charge is 0.239 e. The number of nitrogens with one attached hydrogen (secondary N) is 1. The molecular weight excluding hydrogens is 328 g/mol. The summed E-state index contributed by atoms with van der Waals surface area (Å²) in [7, 11) is -2.02. The Hall–Kier alpha value is -2.38. The van der Waals surface area contributed by atoms with Crippen LogP contribution in [0.2, 0.25) is 0 Å². The lowest BCUT2D eigenvalue weighted by Gasteiger charge is -2.16. The van der Waals surface area contributed by atoms with Crippen molar-refractivity contribution in [3.05, 3.63) is 54.6 Å². The highest BCUT2D eigenvalue weighted by atomic mass is 32.2. The second-order valence-electron chi connectivity index (χ2n) is 5.12. The van der Waals surface area contributed by atoms with Crippen molar-refractivity contribution in [3.8, 4) is 11.5 Å². The molecule has 0 unspecified atom stereocenters. The first-order valence-electron chi connectivity index (χ1n) is 7.48. The van der Waals surface area contributed by atoms with Gasteiger partial charge in [-0.25, -0.2) is 8.42 Å². The third-order valence-corrected chi connectivity index (χ3v) is 5.15. The predicted molar refractivity (Wildman–Crippen MR) is 93.7 cm³/mol. The van der Waals surface area contributed by atoms with Crippen molar-refractivity contribution in [2.75, 3.05) is 24.7 Å². The van der Waals surface area contributed by atoms with E-state index in [0.29, 0.717) is 17.2 Å². The molecule has 0 bridgehead atoms. The van der Waals surface area contributed by atoms with E-state index < -0.39 is 15.9 Å². The molecule has 2 rings (SSSR count). The minimum Gasteiger partial charge on any atom is -0.455 e. The maximum Gasteiger partial charge on any atom is 0.239 e. The minimum absolute atomic E-state index is 0.0511. The van der Waals surface area contributed by atoms with Gasteiger partial charge in [-0.05, 0) is 31.2 Å². The van der Waals surface area contributed by atoms with Gasteiger partial charge in [0.05, 0.1) is 18.0 Å². The number of likely N-dealkylation sites (N-methyl/N-ethyl adjacent to an activating group) is 1. The van der Waals surface area contributed by atoms with Gasteiger partial charge in [0.2, 0.25) is 15.9 Å². The van der Waals surface area contributed by atoms with Crippen molar-refractivity contribution in [3.63, 3.8) is 0 Å². The van der Waals surface area contributed by atoms with Gasteiger partial charge in [-0.2, -0.15) is 4.31 Å². The van der Waals surface area contributed by atoms with Crippen molar-refractivity contribution in [2.24, 2.45) is 0 Å². The molecule has 0 saturated carbocycles. The van der Waals surface area contributed by atoms with E-state index in [2.05, 4.69) is 5.32 Å². The quantitative estimate of drug-likeness (QED) is 0.835. The van der Waals surface area contributed by atoms with Crippen molar-refractivity contribution in [2.45, 2.75) is 6.92 Å². The molecule has 128 valence electrons. The molecule has 2 aromatic carbocycles. The summed E-state index contributed by atoms with van der Waals surface area (Å²) in [6.45, 7) is 1.28. The highest BCUT2D eigenvalue weighted by Crippen LogP contribution is 2.29. The van der Waals surface area contributed by atoms with E-state index in [9.17, 15) is 13.2 Å². The molecule has 0 atom stereocenters. The normalized spacial score (nSPS) is 11.3. The van der Waals surface area contributed by atoms with Gasteiger partial charge in [0.1, 0.15) is 5.75 Å². The lowest BCUT2D eigenvalue weighted by Crippen LogP contribution is -2.35. The van der Waals surface area contributed by atoms with Crippen LogP contribution in [0.3, 0.4) is 0 Å². The maximum absolute atomic E-state index is 12.1. The van der Waals surface area contributed by atoms with Crippen molar-refractivity contribution in [1.29, 1.82) is 0 Å². The van der Waals surface area contributed by atoms with Crippen molar-refractivity contribution < 1.29 is 17.9 Å². The van der Waals surface area contributed by atoms with Gasteiger partial charge in [-0.15, -0.1) is 0 Å². The van der Waals surface area contributed by atoms with Crippen LogP contribution in [-0.2, 0) is 14.8 Å².